The Morgan fingerprint density at radius 3 is 2.56 bits per heavy atom. The number of aliphatic hydroxyl groups is 2. The van der Waals surface area contributed by atoms with E-state index < -0.39 is 0 Å². The normalized spacial score (nSPS) is 13.2. The molecule has 0 saturated heterocycles. The van der Waals surface area contributed by atoms with E-state index in [2.05, 4.69) is 22.9 Å². The Morgan fingerprint density at radius 2 is 2.06 bits per heavy atom. The first-order valence-electron chi connectivity index (χ1n) is 4.86. The zero-order valence-electron chi connectivity index (χ0n) is 9.44. The fraction of sp³-hybridized carbons (Fsp3) is 0.500. The Bertz CT molecular complexity index is 279. The molecule has 5 N–H and O–H groups in total. The van der Waals surface area contributed by atoms with Crippen LogP contribution in [0, 0.1) is 0 Å². The zero-order chi connectivity index (χ0) is 12.6. The zero-order valence-corrected chi connectivity index (χ0v) is 10.3. The van der Waals surface area contributed by atoms with Gasteiger partial charge in [-0.3, -0.25) is 0 Å². The summed E-state index contributed by atoms with van der Waals surface area (Å²) in [6.45, 7) is 8.58. The second kappa shape index (κ2) is 7.92. The topological polar surface area (TPSA) is 90.9 Å². The average Bonchev–Trinajstić information content (AvgIpc) is 2.10. The summed E-state index contributed by atoms with van der Waals surface area (Å²) in [7, 11) is 0. The lowest BCUT2D eigenvalue weighted by atomic mass is 10.2. The van der Waals surface area contributed by atoms with E-state index in [1.165, 1.54) is 11.9 Å². The van der Waals surface area contributed by atoms with Gasteiger partial charge in [-0.1, -0.05) is 13.2 Å². The molecule has 0 aliphatic rings. The molecule has 0 aliphatic heterocycles. The molecule has 0 aliphatic carbocycles. The summed E-state index contributed by atoms with van der Waals surface area (Å²) in [4.78, 5) is 4.09. The van der Waals surface area contributed by atoms with Gasteiger partial charge in [-0.15, -0.1) is 0 Å². The van der Waals surface area contributed by atoms with Crippen LogP contribution in [0.4, 0.5) is 0 Å². The number of aliphatic hydroxyl groups excluding tert-OH is 2. The lowest BCUT2D eigenvalue weighted by Gasteiger charge is -2.08. The molecule has 0 aromatic rings. The fourth-order valence-electron chi connectivity index (χ4n) is 0.944. The summed E-state index contributed by atoms with van der Waals surface area (Å²) >= 11 is 1.34. The minimum Gasteiger partial charge on any atom is -0.513 e. The first kappa shape index (κ1) is 14.7. The van der Waals surface area contributed by atoms with Gasteiger partial charge in [-0.05, 0) is 18.9 Å². The third-order valence-electron chi connectivity index (χ3n) is 1.56. The van der Waals surface area contributed by atoms with Crippen molar-refractivity contribution in [1.82, 2.24) is 4.72 Å². The largest absolute Gasteiger partial charge is 0.513 e. The molecule has 92 valence electrons. The molecule has 0 aromatic heterocycles. The van der Waals surface area contributed by atoms with Gasteiger partial charge in [0.15, 0.2) is 5.96 Å². The third kappa shape index (κ3) is 9.26. The molecule has 0 fully saturated rings. The van der Waals surface area contributed by atoms with Gasteiger partial charge in [0, 0.05) is 18.6 Å². The van der Waals surface area contributed by atoms with Crippen LogP contribution in [0.1, 0.15) is 19.8 Å². The number of nitrogens with zero attached hydrogens (tertiary/aromatic N) is 1. The summed E-state index contributed by atoms with van der Waals surface area (Å²) < 4.78 is 2.82. The van der Waals surface area contributed by atoms with E-state index in [9.17, 15) is 0 Å². The summed E-state index contributed by atoms with van der Waals surface area (Å²) in [5.41, 5.74) is 5.59. The highest BCUT2D eigenvalue weighted by Gasteiger charge is 2.02. The number of aliphatic imine (C=N–C) groups is 1. The smallest absolute Gasteiger partial charge is 0.199 e. The maximum atomic E-state index is 8.94. The van der Waals surface area contributed by atoms with E-state index in [4.69, 9.17) is 15.9 Å². The van der Waals surface area contributed by atoms with Gasteiger partial charge in [-0.2, -0.15) is 0 Å². The van der Waals surface area contributed by atoms with E-state index in [-0.39, 0.29) is 17.6 Å². The van der Waals surface area contributed by atoms with Gasteiger partial charge in [0.2, 0.25) is 0 Å². The molecule has 6 heteroatoms. The predicted octanol–water partition coefficient (Wildman–Crippen LogP) is 1.85. The van der Waals surface area contributed by atoms with Crippen LogP contribution < -0.4 is 10.5 Å². The van der Waals surface area contributed by atoms with Crippen LogP contribution >= 0.6 is 11.9 Å². The maximum Gasteiger partial charge on any atom is 0.199 e. The Kier molecular flexibility index (Phi) is 7.28. The molecule has 0 rings (SSSR count). The molecule has 0 saturated carbocycles. The molecular formula is C10H19N3O2S. The third-order valence-corrected chi connectivity index (χ3v) is 2.32. The molecule has 0 radical (unpaired) electrons. The lowest BCUT2D eigenvalue weighted by Crippen LogP contribution is -2.28. The van der Waals surface area contributed by atoms with Crippen LogP contribution in [0.5, 0.6) is 0 Å². The Hall–Kier alpha value is -1.30. The summed E-state index contributed by atoms with van der Waals surface area (Å²) in [5.74, 6) is 1.19. The molecule has 0 spiro atoms. The van der Waals surface area contributed by atoms with Crippen molar-refractivity contribution in [3.05, 3.63) is 24.7 Å². The van der Waals surface area contributed by atoms with E-state index in [0.717, 1.165) is 0 Å². The van der Waals surface area contributed by atoms with Crippen LogP contribution in [0.2, 0.25) is 0 Å². The quantitative estimate of drug-likeness (QED) is 0.181. The first-order chi connectivity index (χ1) is 7.41. The average molecular weight is 245 g/mol. The highest BCUT2D eigenvalue weighted by atomic mass is 32.2. The van der Waals surface area contributed by atoms with Gasteiger partial charge < -0.3 is 20.7 Å². The van der Waals surface area contributed by atoms with E-state index in [1.54, 1.807) is 0 Å². The molecular weight excluding hydrogens is 226 g/mol. The van der Waals surface area contributed by atoms with Gasteiger partial charge in [0.25, 0.3) is 0 Å². The number of nitrogens with one attached hydrogen (secondary N) is 1. The Labute approximate surface area is 100 Å². The fourth-order valence-corrected chi connectivity index (χ4v) is 1.58. The van der Waals surface area contributed by atoms with Crippen LogP contribution in [-0.4, -0.2) is 28.0 Å². The monoisotopic (exact) mass is 245 g/mol. The molecule has 0 aromatic carbocycles. The number of nitrogens with two attached hydrogens (primary N) is 1. The maximum absolute atomic E-state index is 8.94. The summed E-state index contributed by atoms with van der Waals surface area (Å²) in [5, 5.41) is 17.8. The Morgan fingerprint density at radius 1 is 1.44 bits per heavy atom. The second-order valence-corrected chi connectivity index (χ2v) is 4.30. The van der Waals surface area contributed by atoms with Crippen molar-refractivity contribution < 1.29 is 10.2 Å². The molecule has 16 heavy (non-hydrogen) atoms. The second-order valence-electron chi connectivity index (χ2n) is 3.40. The van der Waals surface area contributed by atoms with E-state index in [1.807, 2.05) is 6.92 Å². The standard InChI is InChI=1S/C10H19N3O2S/c1-7(6-9(3)15)12-10(11)13-16-5-4-8(2)14/h7,14-15H,2-6H2,1H3,(H3,11,12,13). The molecule has 0 amide bonds. The van der Waals surface area contributed by atoms with Crippen molar-refractivity contribution in [2.75, 3.05) is 5.75 Å². The van der Waals surface area contributed by atoms with Crippen molar-refractivity contribution in [3.63, 3.8) is 0 Å². The number of hydrogen-bond donors (Lipinski definition) is 4. The molecule has 5 nitrogen and oxygen atoms in total. The van der Waals surface area contributed by atoms with Crippen LogP contribution in [0.15, 0.2) is 29.7 Å². The van der Waals surface area contributed by atoms with Crippen molar-refractivity contribution in [1.29, 1.82) is 0 Å². The van der Waals surface area contributed by atoms with Crippen LogP contribution in [-0.2, 0) is 0 Å². The minimum atomic E-state index is -0.113. The summed E-state index contributed by atoms with van der Waals surface area (Å²) in [6.07, 6.45) is 0.897. The van der Waals surface area contributed by atoms with E-state index >= 15 is 0 Å². The van der Waals surface area contributed by atoms with Crippen molar-refractivity contribution in [2.24, 2.45) is 10.7 Å². The van der Waals surface area contributed by atoms with Crippen molar-refractivity contribution in [3.8, 4) is 0 Å². The van der Waals surface area contributed by atoms with Crippen molar-refractivity contribution >= 4 is 17.9 Å². The molecule has 1 unspecified atom stereocenters. The molecule has 0 heterocycles. The predicted molar refractivity (Wildman–Crippen MR) is 69.4 cm³/mol. The number of rotatable bonds is 7. The summed E-state index contributed by atoms with van der Waals surface area (Å²) in [6, 6.07) is -0.113. The molecule has 0 bridgehead atoms. The van der Waals surface area contributed by atoms with E-state index in [0.29, 0.717) is 24.6 Å². The molecule has 1 atom stereocenters. The van der Waals surface area contributed by atoms with Gasteiger partial charge >= 0.3 is 0 Å². The van der Waals surface area contributed by atoms with Crippen LogP contribution in [0.25, 0.3) is 0 Å². The van der Waals surface area contributed by atoms with Gasteiger partial charge in [0.1, 0.15) is 0 Å². The minimum absolute atomic E-state index is 0.0910. The highest BCUT2D eigenvalue weighted by Crippen LogP contribution is 2.04. The highest BCUT2D eigenvalue weighted by molar-refractivity contribution is 7.97. The first-order valence-corrected chi connectivity index (χ1v) is 5.85. The number of hydrogen-bond acceptors (Lipinski definition) is 4. The number of allylic oxidation sites excluding steroid dienone is 1. The lowest BCUT2D eigenvalue weighted by molar-refractivity contribution is 0.380. The van der Waals surface area contributed by atoms with Gasteiger partial charge in [0.05, 0.1) is 17.6 Å². The van der Waals surface area contributed by atoms with Crippen LogP contribution in [0.3, 0.4) is 0 Å². The van der Waals surface area contributed by atoms with Crippen molar-refractivity contribution in [2.45, 2.75) is 25.8 Å². The number of guanidine groups is 1. The SMILES string of the molecule is C=C(O)CCSNC(N)=NC(C)CC(=C)O. The Balaban J connectivity index is 3.77. The van der Waals surface area contributed by atoms with Gasteiger partial charge in [-0.25, -0.2) is 4.99 Å².